The third-order valence-corrected chi connectivity index (χ3v) is 5.16. The standard InChI is InChI=1S/C23H29ClN4O.HI/c1-2-25-23(26-13-12-18-5-3-6-21(24)15-18)27-16-19-8-10-20(11-9-19)17-28-14-4-7-22(28)29;/h3,5-6,8-11,15H,2,4,7,12-14,16-17H2,1H3,(H2,25,26,27);1H. The summed E-state index contributed by atoms with van der Waals surface area (Å²) in [6.07, 6.45) is 2.54. The molecule has 1 fully saturated rings. The summed E-state index contributed by atoms with van der Waals surface area (Å²) in [5.74, 6) is 1.07. The Morgan fingerprint density at radius 2 is 1.87 bits per heavy atom. The Kier molecular flexibility index (Phi) is 10.4. The van der Waals surface area contributed by atoms with Crippen molar-refractivity contribution in [3.8, 4) is 0 Å². The molecular formula is C23H30ClIN4O. The Bertz CT molecular complexity index is 841. The summed E-state index contributed by atoms with van der Waals surface area (Å²) in [7, 11) is 0. The fourth-order valence-corrected chi connectivity index (χ4v) is 3.58. The molecular weight excluding hydrogens is 511 g/mol. The summed E-state index contributed by atoms with van der Waals surface area (Å²) in [6.45, 7) is 5.84. The highest BCUT2D eigenvalue weighted by molar-refractivity contribution is 14.0. The van der Waals surface area contributed by atoms with Gasteiger partial charge in [-0.15, -0.1) is 24.0 Å². The number of rotatable bonds is 8. The van der Waals surface area contributed by atoms with E-state index in [1.165, 1.54) is 11.1 Å². The number of halogens is 2. The summed E-state index contributed by atoms with van der Waals surface area (Å²) in [6, 6.07) is 16.3. The molecule has 162 valence electrons. The van der Waals surface area contributed by atoms with Crippen LogP contribution in [0.15, 0.2) is 53.5 Å². The number of aliphatic imine (C=N–C) groups is 1. The van der Waals surface area contributed by atoms with Crippen LogP contribution in [0.2, 0.25) is 5.02 Å². The maximum absolute atomic E-state index is 11.8. The smallest absolute Gasteiger partial charge is 0.222 e. The van der Waals surface area contributed by atoms with Crippen LogP contribution in [0.25, 0.3) is 0 Å². The molecule has 1 heterocycles. The van der Waals surface area contributed by atoms with Gasteiger partial charge in [-0.25, -0.2) is 4.99 Å². The first kappa shape index (κ1) is 24.5. The number of guanidine groups is 1. The van der Waals surface area contributed by atoms with E-state index in [0.717, 1.165) is 49.0 Å². The molecule has 30 heavy (non-hydrogen) atoms. The van der Waals surface area contributed by atoms with Crippen LogP contribution in [-0.4, -0.2) is 36.4 Å². The number of nitrogens with one attached hydrogen (secondary N) is 2. The van der Waals surface area contributed by atoms with Crippen molar-refractivity contribution in [2.75, 3.05) is 19.6 Å². The van der Waals surface area contributed by atoms with Gasteiger partial charge in [-0.2, -0.15) is 0 Å². The average Bonchev–Trinajstić information content (AvgIpc) is 3.12. The minimum Gasteiger partial charge on any atom is -0.357 e. The van der Waals surface area contributed by atoms with E-state index in [9.17, 15) is 4.79 Å². The fraction of sp³-hybridized carbons (Fsp3) is 0.391. The second kappa shape index (κ2) is 12.8. The normalized spacial score (nSPS) is 13.9. The first-order valence-electron chi connectivity index (χ1n) is 10.3. The predicted molar refractivity (Wildman–Crippen MR) is 134 cm³/mol. The zero-order valence-electron chi connectivity index (χ0n) is 17.4. The molecule has 1 aliphatic rings. The van der Waals surface area contributed by atoms with Gasteiger partial charge in [0.1, 0.15) is 0 Å². The lowest BCUT2D eigenvalue weighted by Crippen LogP contribution is -2.38. The van der Waals surface area contributed by atoms with E-state index in [4.69, 9.17) is 11.6 Å². The van der Waals surface area contributed by atoms with E-state index in [-0.39, 0.29) is 29.9 Å². The molecule has 1 saturated heterocycles. The molecule has 0 aromatic heterocycles. The molecule has 0 saturated carbocycles. The van der Waals surface area contributed by atoms with Crippen molar-refractivity contribution in [2.45, 2.75) is 39.3 Å². The van der Waals surface area contributed by atoms with Gasteiger partial charge in [-0.3, -0.25) is 4.79 Å². The monoisotopic (exact) mass is 540 g/mol. The molecule has 1 amide bonds. The van der Waals surface area contributed by atoms with Gasteiger partial charge in [-0.05, 0) is 48.6 Å². The van der Waals surface area contributed by atoms with E-state index in [2.05, 4.69) is 52.9 Å². The van der Waals surface area contributed by atoms with Gasteiger partial charge in [0.25, 0.3) is 0 Å². The number of likely N-dealkylation sites (tertiary alicyclic amines) is 1. The number of hydrogen-bond acceptors (Lipinski definition) is 2. The van der Waals surface area contributed by atoms with Gasteiger partial charge in [0.05, 0.1) is 6.54 Å². The van der Waals surface area contributed by atoms with Crippen LogP contribution in [0, 0.1) is 0 Å². The molecule has 0 unspecified atom stereocenters. The first-order valence-corrected chi connectivity index (χ1v) is 10.6. The van der Waals surface area contributed by atoms with Crippen molar-refractivity contribution in [3.05, 3.63) is 70.2 Å². The Labute approximate surface area is 201 Å². The quantitative estimate of drug-likeness (QED) is 0.297. The Morgan fingerprint density at radius 1 is 1.10 bits per heavy atom. The molecule has 7 heteroatoms. The maximum atomic E-state index is 11.8. The van der Waals surface area contributed by atoms with Crippen LogP contribution in [0.5, 0.6) is 0 Å². The third-order valence-electron chi connectivity index (χ3n) is 4.93. The summed E-state index contributed by atoms with van der Waals surface area (Å²) < 4.78 is 0. The maximum Gasteiger partial charge on any atom is 0.222 e. The third kappa shape index (κ3) is 7.80. The summed E-state index contributed by atoms with van der Waals surface area (Å²) in [5.41, 5.74) is 3.51. The molecule has 0 atom stereocenters. The zero-order chi connectivity index (χ0) is 20.5. The van der Waals surface area contributed by atoms with Gasteiger partial charge in [0.15, 0.2) is 5.96 Å². The van der Waals surface area contributed by atoms with Crippen molar-refractivity contribution in [2.24, 2.45) is 4.99 Å². The van der Waals surface area contributed by atoms with Crippen LogP contribution < -0.4 is 10.6 Å². The van der Waals surface area contributed by atoms with E-state index in [0.29, 0.717) is 19.5 Å². The molecule has 2 aromatic rings. The van der Waals surface area contributed by atoms with E-state index < -0.39 is 0 Å². The Balaban J connectivity index is 0.00000320. The Hall–Kier alpha value is -1.80. The van der Waals surface area contributed by atoms with Crippen molar-refractivity contribution >= 4 is 47.4 Å². The van der Waals surface area contributed by atoms with Crippen LogP contribution in [-0.2, 0) is 24.3 Å². The second-order valence-corrected chi connectivity index (χ2v) is 7.67. The average molecular weight is 541 g/mol. The lowest BCUT2D eigenvalue weighted by atomic mass is 10.1. The first-order chi connectivity index (χ1) is 14.1. The number of amides is 1. The summed E-state index contributed by atoms with van der Waals surface area (Å²) in [5, 5.41) is 7.42. The van der Waals surface area contributed by atoms with Gasteiger partial charge >= 0.3 is 0 Å². The van der Waals surface area contributed by atoms with Gasteiger partial charge in [0, 0.05) is 37.6 Å². The molecule has 2 N–H and O–H groups in total. The van der Waals surface area contributed by atoms with Crippen LogP contribution in [0.3, 0.4) is 0 Å². The van der Waals surface area contributed by atoms with Crippen molar-refractivity contribution < 1.29 is 4.79 Å². The van der Waals surface area contributed by atoms with Crippen LogP contribution in [0.1, 0.15) is 36.5 Å². The highest BCUT2D eigenvalue weighted by Gasteiger charge is 2.19. The lowest BCUT2D eigenvalue weighted by Gasteiger charge is -2.15. The number of hydrogen-bond donors (Lipinski definition) is 2. The SMILES string of the molecule is CCNC(=NCc1ccc(CN2CCCC2=O)cc1)NCCc1cccc(Cl)c1.I. The highest BCUT2D eigenvalue weighted by Crippen LogP contribution is 2.15. The van der Waals surface area contributed by atoms with Gasteiger partial charge < -0.3 is 15.5 Å². The summed E-state index contributed by atoms with van der Waals surface area (Å²) >= 11 is 6.04. The molecule has 1 aliphatic heterocycles. The van der Waals surface area contributed by atoms with E-state index in [1.807, 2.05) is 23.1 Å². The zero-order valence-corrected chi connectivity index (χ0v) is 20.5. The molecule has 0 bridgehead atoms. The van der Waals surface area contributed by atoms with Crippen LogP contribution in [0.4, 0.5) is 0 Å². The van der Waals surface area contributed by atoms with Crippen molar-refractivity contribution in [1.82, 2.24) is 15.5 Å². The number of carbonyl (C=O) groups is 1. The largest absolute Gasteiger partial charge is 0.357 e. The van der Waals surface area contributed by atoms with Gasteiger partial charge in [-0.1, -0.05) is 48.0 Å². The molecule has 2 aromatic carbocycles. The molecule has 0 aliphatic carbocycles. The van der Waals surface area contributed by atoms with E-state index in [1.54, 1.807) is 0 Å². The van der Waals surface area contributed by atoms with Gasteiger partial charge in [0.2, 0.25) is 5.91 Å². The minimum atomic E-state index is 0. The fourth-order valence-electron chi connectivity index (χ4n) is 3.37. The molecule has 3 rings (SSSR count). The van der Waals surface area contributed by atoms with Crippen LogP contribution >= 0.6 is 35.6 Å². The summed E-state index contributed by atoms with van der Waals surface area (Å²) in [4.78, 5) is 18.4. The lowest BCUT2D eigenvalue weighted by molar-refractivity contribution is -0.128. The predicted octanol–water partition coefficient (Wildman–Crippen LogP) is 4.38. The number of nitrogens with zero attached hydrogens (tertiary/aromatic N) is 2. The Morgan fingerprint density at radius 3 is 2.53 bits per heavy atom. The van der Waals surface area contributed by atoms with E-state index >= 15 is 0 Å². The van der Waals surface area contributed by atoms with Crippen molar-refractivity contribution in [3.63, 3.8) is 0 Å². The minimum absolute atomic E-state index is 0. The number of carbonyl (C=O) groups excluding carboxylic acids is 1. The molecule has 0 radical (unpaired) electrons. The molecule has 5 nitrogen and oxygen atoms in total. The molecule has 0 spiro atoms. The highest BCUT2D eigenvalue weighted by atomic mass is 127. The second-order valence-electron chi connectivity index (χ2n) is 7.24. The number of benzene rings is 2. The van der Waals surface area contributed by atoms with Crippen molar-refractivity contribution in [1.29, 1.82) is 0 Å². The topological polar surface area (TPSA) is 56.7 Å².